The van der Waals surface area contributed by atoms with Crippen molar-refractivity contribution in [1.29, 1.82) is 0 Å². The summed E-state index contributed by atoms with van der Waals surface area (Å²) in [7, 11) is 0. The molecule has 1 aromatic carbocycles. The lowest BCUT2D eigenvalue weighted by molar-refractivity contribution is 0.0521. The highest BCUT2D eigenvalue weighted by Crippen LogP contribution is 2.25. The van der Waals surface area contributed by atoms with E-state index in [9.17, 15) is 9.59 Å². The lowest BCUT2D eigenvalue weighted by Crippen LogP contribution is -2.36. The van der Waals surface area contributed by atoms with E-state index in [0.29, 0.717) is 37.8 Å². The quantitative estimate of drug-likeness (QED) is 0.686. The molecule has 0 aromatic heterocycles. The van der Waals surface area contributed by atoms with Crippen LogP contribution >= 0.6 is 0 Å². The molecule has 25 heavy (non-hydrogen) atoms. The SMILES string of the molecule is CCOC(=O)c1ccccc1CN(CC1CCCCC1)C(=O)OCC. The van der Waals surface area contributed by atoms with Gasteiger partial charge in [0, 0.05) is 13.1 Å². The third kappa shape index (κ3) is 5.76. The first kappa shape index (κ1) is 19.3. The molecular formula is C20H29NO4. The molecule has 0 atom stereocenters. The van der Waals surface area contributed by atoms with E-state index in [0.717, 1.165) is 18.4 Å². The number of amides is 1. The molecule has 5 nitrogen and oxygen atoms in total. The summed E-state index contributed by atoms with van der Waals surface area (Å²) < 4.78 is 10.4. The van der Waals surface area contributed by atoms with Gasteiger partial charge < -0.3 is 14.4 Å². The summed E-state index contributed by atoms with van der Waals surface area (Å²) in [5, 5.41) is 0. The normalized spacial score (nSPS) is 14.8. The van der Waals surface area contributed by atoms with Crippen LogP contribution in [-0.4, -0.2) is 36.7 Å². The van der Waals surface area contributed by atoms with Gasteiger partial charge in [-0.05, 0) is 44.2 Å². The van der Waals surface area contributed by atoms with Crippen molar-refractivity contribution in [1.82, 2.24) is 4.90 Å². The van der Waals surface area contributed by atoms with Crippen molar-refractivity contribution in [2.24, 2.45) is 5.92 Å². The minimum atomic E-state index is -0.348. The Morgan fingerprint density at radius 2 is 1.72 bits per heavy atom. The number of carbonyl (C=O) groups excluding carboxylic acids is 2. The van der Waals surface area contributed by atoms with Crippen LogP contribution in [-0.2, 0) is 16.0 Å². The van der Waals surface area contributed by atoms with Gasteiger partial charge in [0.25, 0.3) is 0 Å². The van der Waals surface area contributed by atoms with Crippen LogP contribution in [0.15, 0.2) is 24.3 Å². The second kappa shape index (κ2) is 10.1. The number of rotatable bonds is 7. The van der Waals surface area contributed by atoms with Crippen molar-refractivity contribution >= 4 is 12.1 Å². The van der Waals surface area contributed by atoms with Crippen molar-refractivity contribution in [3.63, 3.8) is 0 Å². The van der Waals surface area contributed by atoms with E-state index in [2.05, 4.69) is 0 Å². The average Bonchev–Trinajstić information content (AvgIpc) is 2.63. The highest BCUT2D eigenvalue weighted by atomic mass is 16.6. The topological polar surface area (TPSA) is 55.8 Å². The van der Waals surface area contributed by atoms with E-state index in [1.165, 1.54) is 19.3 Å². The second-order valence-corrected chi connectivity index (χ2v) is 6.46. The van der Waals surface area contributed by atoms with Gasteiger partial charge in [0.05, 0.1) is 18.8 Å². The van der Waals surface area contributed by atoms with E-state index in [-0.39, 0.29) is 12.1 Å². The van der Waals surface area contributed by atoms with Gasteiger partial charge in [-0.3, -0.25) is 0 Å². The van der Waals surface area contributed by atoms with Crippen LogP contribution < -0.4 is 0 Å². The molecule has 0 radical (unpaired) electrons. The Morgan fingerprint density at radius 1 is 1.04 bits per heavy atom. The standard InChI is InChI=1S/C20H29NO4/c1-3-24-19(22)18-13-9-8-12-17(18)15-21(20(23)25-4-2)14-16-10-6-5-7-11-16/h8-9,12-13,16H,3-7,10-11,14-15H2,1-2H3. The predicted molar refractivity (Wildman–Crippen MR) is 96.4 cm³/mol. The lowest BCUT2D eigenvalue weighted by atomic mass is 9.89. The molecule has 1 amide bonds. The number of esters is 1. The molecule has 0 spiro atoms. The van der Waals surface area contributed by atoms with Gasteiger partial charge in [-0.2, -0.15) is 0 Å². The molecule has 0 saturated heterocycles. The van der Waals surface area contributed by atoms with Crippen molar-refractivity contribution < 1.29 is 19.1 Å². The summed E-state index contributed by atoms with van der Waals surface area (Å²) in [6, 6.07) is 7.31. The minimum Gasteiger partial charge on any atom is -0.462 e. The third-order valence-electron chi connectivity index (χ3n) is 4.60. The molecule has 1 aliphatic rings. The average molecular weight is 347 g/mol. The Kier molecular flexibility index (Phi) is 7.76. The largest absolute Gasteiger partial charge is 0.462 e. The molecule has 1 aromatic rings. The molecule has 0 bridgehead atoms. The van der Waals surface area contributed by atoms with Crippen LogP contribution in [0.4, 0.5) is 4.79 Å². The maximum Gasteiger partial charge on any atom is 0.410 e. The summed E-state index contributed by atoms with van der Waals surface area (Å²) >= 11 is 0. The van der Waals surface area contributed by atoms with Crippen molar-refractivity contribution in [2.75, 3.05) is 19.8 Å². The van der Waals surface area contributed by atoms with Gasteiger partial charge in [0.1, 0.15) is 0 Å². The molecule has 0 N–H and O–H groups in total. The number of hydrogen-bond donors (Lipinski definition) is 0. The minimum absolute atomic E-state index is 0.313. The highest BCUT2D eigenvalue weighted by molar-refractivity contribution is 5.91. The molecule has 2 rings (SSSR count). The fraction of sp³-hybridized carbons (Fsp3) is 0.600. The summed E-state index contributed by atoms with van der Waals surface area (Å²) in [5.74, 6) is 0.160. The molecular weight excluding hydrogens is 318 g/mol. The smallest absolute Gasteiger partial charge is 0.410 e. The zero-order chi connectivity index (χ0) is 18.1. The highest BCUT2D eigenvalue weighted by Gasteiger charge is 2.23. The third-order valence-corrected chi connectivity index (χ3v) is 4.60. The Hall–Kier alpha value is -2.04. The van der Waals surface area contributed by atoms with Gasteiger partial charge in [0.2, 0.25) is 0 Å². The van der Waals surface area contributed by atoms with Crippen LogP contribution in [0.1, 0.15) is 61.9 Å². The van der Waals surface area contributed by atoms with E-state index < -0.39 is 0 Å². The summed E-state index contributed by atoms with van der Waals surface area (Å²) in [5.41, 5.74) is 1.31. The van der Waals surface area contributed by atoms with Gasteiger partial charge in [-0.15, -0.1) is 0 Å². The number of nitrogens with zero attached hydrogens (tertiary/aromatic N) is 1. The van der Waals surface area contributed by atoms with Gasteiger partial charge >= 0.3 is 12.1 Å². The van der Waals surface area contributed by atoms with Crippen LogP contribution in [0.5, 0.6) is 0 Å². The van der Waals surface area contributed by atoms with Crippen molar-refractivity contribution in [3.8, 4) is 0 Å². The summed E-state index contributed by atoms with van der Waals surface area (Å²) in [6.07, 6.45) is 5.71. The van der Waals surface area contributed by atoms with Gasteiger partial charge in [0.15, 0.2) is 0 Å². The van der Waals surface area contributed by atoms with E-state index in [1.807, 2.05) is 25.1 Å². The van der Waals surface area contributed by atoms with Gasteiger partial charge in [-0.25, -0.2) is 9.59 Å². The fourth-order valence-corrected chi connectivity index (χ4v) is 3.37. The molecule has 0 aliphatic heterocycles. The Morgan fingerprint density at radius 3 is 2.40 bits per heavy atom. The molecule has 138 valence electrons. The van der Waals surface area contributed by atoms with Crippen LogP contribution in [0.2, 0.25) is 0 Å². The zero-order valence-electron chi connectivity index (χ0n) is 15.3. The first-order valence-electron chi connectivity index (χ1n) is 9.32. The monoisotopic (exact) mass is 347 g/mol. The molecule has 1 fully saturated rings. The number of hydrogen-bond acceptors (Lipinski definition) is 4. The van der Waals surface area contributed by atoms with E-state index >= 15 is 0 Å². The van der Waals surface area contributed by atoms with Crippen LogP contribution in [0, 0.1) is 5.92 Å². The maximum absolute atomic E-state index is 12.4. The summed E-state index contributed by atoms with van der Waals surface area (Å²) in [4.78, 5) is 26.3. The van der Waals surface area contributed by atoms with Crippen molar-refractivity contribution in [3.05, 3.63) is 35.4 Å². The molecule has 5 heteroatoms. The van der Waals surface area contributed by atoms with E-state index in [4.69, 9.17) is 9.47 Å². The second-order valence-electron chi connectivity index (χ2n) is 6.46. The molecule has 1 aliphatic carbocycles. The Balaban J connectivity index is 2.15. The zero-order valence-corrected chi connectivity index (χ0v) is 15.3. The van der Waals surface area contributed by atoms with Crippen molar-refractivity contribution in [2.45, 2.75) is 52.5 Å². The van der Waals surface area contributed by atoms with Crippen LogP contribution in [0.3, 0.4) is 0 Å². The Bertz CT molecular complexity index is 567. The first-order valence-corrected chi connectivity index (χ1v) is 9.32. The molecule has 0 heterocycles. The maximum atomic E-state index is 12.4. The fourth-order valence-electron chi connectivity index (χ4n) is 3.37. The first-order chi connectivity index (χ1) is 12.2. The number of carbonyl (C=O) groups is 2. The number of ether oxygens (including phenoxy) is 2. The van der Waals surface area contributed by atoms with Gasteiger partial charge in [-0.1, -0.05) is 37.5 Å². The molecule has 0 unspecified atom stereocenters. The van der Waals surface area contributed by atoms with E-state index in [1.54, 1.807) is 17.9 Å². The van der Waals surface area contributed by atoms with Crippen LogP contribution in [0.25, 0.3) is 0 Å². The Labute approximate surface area is 150 Å². The number of benzene rings is 1. The molecule has 1 saturated carbocycles. The summed E-state index contributed by atoms with van der Waals surface area (Å²) in [6.45, 7) is 5.31. The lowest BCUT2D eigenvalue weighted by Gasteiger charge is -2.29. The predicted octanol–water partition coefficient (Wildman–Crippen LogP) is 4.40.